The smallest absolute Gasteiger partial charge is 0.224 e. The monoisotopic (exact) mass is 466 g/mol. The first kappa shape index (κ1) is 22.5. The highest BCUT2D eigenvalue weighted by Gasteiger charge is 2.20. The summed E-state index contributed by atoms with van der Waals surface area (Å²) in [5.41, 5.74) is 1.82. The van der Waals surface area contributed by atoms with E-state index in [4.69, 9.17) is 27.9 Å². The fourth-order valence-electron chi connectivity index (χ4n) is 3.04. The number of aryl methyl sites for hydroxylation is 1. The molecule has 1 heterocycles. The van der Waals surface area contributed by atoms with Gasteiger partial charge in [-0.2, -0.15) is 0 Å². The third-order valence-electron chi connectivity index (χ3n) is 4.45. The van der Waals surface area contributed by atoms with E-state index >= 15 is 0 Å². The summed E-state index contributed by atoms with van der Waals surface area (Å²) in [6, 6.07) is 8.30. The standard InChI is InChI=1S/C21H20Cl2N2O4S/c1-3-4-19(29-14-6-8-16-13(11-14)5-10-18(27)24-16)25-30(28)17-9-7-15(22)21(23)20(17)12(2)26/h6-9,11H,3-5,10H2,1-2H3,(H,24,27)/b25-19+. The number of ether oxygens (including phenoxy) is 1. The molecule has 2 aromatic carbocycles. The van der Waals surface area contributed by atoms with E-state index in [1.165, 1.54) is 19.1 Å². The van der Waals surface area contributed by atoms with Crippen molar-refractivity contribution in [1.82, 2.24) is 0 Å². The number of halogens is 2. The lowest BCUT2D eigenvalue weighted by atomic mass is 10.0. The van der Waals surface area contributed by atoms with Crippen LogP contribution in [0.2, 0.25) is 10.0 Å². The molecule has 1 atom stereocenters. The van der Waals surface area contributed by atoms with Gasteiger partial charge in [0, 0.05) is 18.5 Å². The molecule has 158 valence electrons. The van der Waals surface area contributed by atoms with Crippen LogP contribution in [-0.4, -0.2) is 21.8 Å². The van der Waals surface area contributed by atoms with E-state index in [1.54, 1.807) is 12.1 Å². The fraction of sp³-hybridized carbons (Fsp3) is 0.286. The minimum absolute atomic E-state index is 0.0114. The van der Waals surface area contributed by atoms with Gasteiger partial charge in [-0.3, -0.25) is 9.59 Å². The van der Waals surface area contributed by atoms with Crippen molar-refractivity contribution >= 4 is 57.5 Å². The van der Waals surface area contributed by atoms with E-state index in [0.29, 0.717) is 25.0 Å². The average molecular weight is 467 g/mol. The van der Waals surface area contributed by atoms with Crippen LogP contribution in [0, 0.1) is 0 Å². The molecule has 0 saturated heterocycles. The van der Waals surface area contributed by atoms with Crippen molar-refractivity contribution in [3.63, 3.8) is 0 Å². The summed E-state index contributed by atoms with van der Waals surface area (Å²) < 4.78 is 23.0. The summed E-state index contributed by atoms with van der Waals surface area (Å²) in [7, 11) is -1.90. The first-order valence-electron chi connectivity index (χ1n) is 9.39. The lowest BCUT2D eigenvalue weighted by molar-refractivity contribution is -0.116. The van der Waals surface area contributed by atoms with Crippen molar-refractivity contribution in [1.29, 1.82) is 0 Å². The van der Waals surface area contributed by atoms with Gasteiger partial charge in [0.25, 0.3) is 0 Å². The second-order valence-electron chi connectivity index (χ2n) is 6.74. The zero-order chi connectivity index (χ0) is 21.8. The molecule has 0 saturated carbocycles. The first-order chi connectivity index (χ1) is 14.3. The summed E-state index contributed by atoms with van der Waals surface area (Å²) in [6.07, 6.45) is 2.21. The number of rotatable bonds is 6. The summed E-state index contributed by atoms with van der Waals surface area (Å²) in [5, 5.41) is 3.08. The number of fused-ring (bicyclic) bond motifs is 1. The predicted molar refractivity (Wildman–Crippen MR) is 119 cm³/mol. The van der Waals surface area contributed by atoms with Crippen LogP contribution in [-0.2, 0) is 22.2 Å². The number of nitrogens with one attached hydrogen (secondary N) is 1. The third-order valence-corrected chi connectivity index (χ3v) is 6.34. The Balaban J connectivity index is 1.90. The van der Waals surface area contributed by atoms with Gasteiger partial charge in [-0.1, -0.05) is 30.1 Å². The van der Waals surface area contributed by atoms with Crippen LogP contribution in [0.4, 0.5) is 5.69 Å². The number of anilines is 1. The molecule has 0 aromatic heterocycles. The zero-order valence-electron chi connectivity index (χ0n) is 16.5. The minimum atomic E-state index is -1.90. The minimum Gasteiger partial charge on any atom is -0.442 e. The number of hydrogen-bond acceptors (Lipinski definition) is 4. The van der Waals surface area contributed by atoms with Gasteiger partial charge in [0.15, 0.2) is 16.8 Å². The quantitative estimate of drug-likeness (QED) is 0.351. The molecule has 1 aliphatic rings. The van der Waals surface area contributed by atoms with Gasteiger partial charge < -0.3 is 10.1 Å². The van der Waals surface area contributed by atoms with Gasteiger partial charge in [-0.05, 0) is 55.7 Å². The highest BCUT2D eigenvalue weighted by molar-refractivity contribution is 7.84. The zero-order valence-corrected chi connectivity index (χ0v) is 18.8. The highest BCUT2D eigenvalue weighted by Crippen LogP contribution is 2.31. The predicted octanol–water partition coefficient (Wildman–Crippen LogP) is 5.38. The van der Waals surface area contributed by atoms with E-state index in [9.17, 15) is 13.8 Å². The van der Waals surface area contributed by atoms with Crippen LogP contribution >= 0.6 is 23.2 Å². The Kier molecular flexibility index (Phi) is 7.28. The molecule has 0 aliphatic carbocycles. The highest BCUT2D eigenvalue weighted by atomic mass is 35.5. The van der Waals surface area contributed by atoms with Gasteiger partial charge in [0.05, 0.1) is 20.5 Å². The molecule has 30 heavy (non-hydrogen) atoms. The third kappa shape index (κ3) is 5.09. The molecular formula is C21H20Cl2N2O4S. The van der Waals surface area contributed by atoms with E-state index in [0.717, 1.165) is 17.7 Å². The van der Waals surface area contributed by atoms with E-state index in [1.807, 2.05) is 13.0 Å². The number of carbonyl (C=O) groups excluding carboxylic acids is 2. The number of carbonyl (C=O) groups is 2. The first-order valence-corrected chi connectivity index (χ1v) is 11.3. The molecule has 2 aromatic rings. The molecular weight excluding hydrogens is 447 g/mol. The Morgan fingerprint density at radius 2 is 2.00 bits per heavy atom. The van der Waals surface area contributed by atoms with Gasteiger partial charge in [-0.15, -0.1) is 4.40 Å². The summed E-state index contributed by atoms with van der Waals surface area (Å²) in [5.74, 6) is 0.449. The van der Waals surface area contributed by atoms with E-state index < -0.39 is 11.0 Å². The molecule has 0 bridgehead atoms. The molecule has 0 radical (unpaired) electrons. The van der Waals surface area contributed by atoms with Gasteiger partial charge >= 0.3 is 0 Å². The molecule has 6 nitrogen and oxygen atoms in total. The molecule has 1 amide bonds. The largest absolute Gasteiger partial charge is 0.442 e. The Hall–Kier alpha value is -2.22. The maximum atomic E-state index is 12.9. The van der Waals surface area contributed by atoms with Crippen LogP contribution in [0.5, 0.6) is 5.75 Å². The van der Waals surface area contributed by atoms with Crippen molar-refractivity contribution in [2.45, 2.75) is 44.4 Å². The number of nitrogens with zero attached hydrogens (tertiary/aromatic N) is 1. The van der Waals surface area contributed by atoms with Crippen molar-refractivity contribution in [3.8, 4) is 5.75 Å². The molecule has 1 aliphatic heterocycles. The maximum absolute atomic E-state index is 12.9. The topological polar surface area (TPSA) is 84.8 Å². The summed E-state index contributed by atoms with van der Waals surface area (Å²) >= 11 is 12.1. The van der Waals surface area contributed by atoms with Crippen LogP contribution in [0.3, 0.4) is 0 Å². The molecule has 9 heteroatoms. The normalized spacial score (nSPS) is 14.7. The lowest BCUT2D eigenvalue weighted by Gasteiger charge is -2.18. The Bertz CT molecular complexity index is 1070. The molecule has 0 fully saturated rings. The van der Waals surface area contributed by atoms with Gasteiger partial charge in [-0.25, -0.2) is 4.21 Å². The maximum Gasteiger partial charge on any atom is 0.224 e. The van der Waals surface area contributed by atoms with Crippen LogP contribution in [0.15, 0.2) is 39.6 Å². The lowest BCUT2D eigenvalue weighted by Crippen LogP contribution is -2.19. The van der Waals surface area contributed by atoms with Gasteiger partial charge in [0.1, 0.15) is 5.75 Å². The SMILES string of the molecule is CCC/C(=N\S(=O)c1ccc(Cl)c(Cl)c1C(C)=O)Oc1ccc2c(c1)CCC(=O)N2. The summed E-state index contributed by atoms with van der Waals surface area (Å²) in [4.78, 5) is 23.7. The van der Waals surface area contributed by atoms with E-state index in [-0.39, 0.29) is 38.1 Å². The molecule has 0 spiro atoms. The molecule has 1 unspecified atom stereocenters. The van der Waals surface area contributed by atoms with Crippen molar-refractivity contribution in [3.05, 3.63) is 51.5 Å². The van der Waals surface area contributed by atoms with Crippen molar-refractivity contribution in [2.75, 3.05) is 5.32 Å². The fourth-order valence-corrected chi connectivity index (χ4v) is 4.56. The van der Waals surface area contributed by atoms with Crippen molar-refractivity contribution in [2.24, 2.45) is 4.40 Å². The number of Topliss-reactive ketones (excluding diaryl/α,β-unsaturated/α-hetero) is 1. The van der Waals surface area contributed by atoms with Crippen LogP contribution in [0.1, 0.15) is 49.0 Å². The number of benzene rings is 2. The van der Waals surface area contributed by atoms with Crippen LogP contribution < -0.4 is 10.1 Å². The average Bonchev–Trinajstić information content (AvgIpc) is 2.69. The molecule has 3 rings (SSSR count). The number of ketones is 1. The second-order valence-corrected chi connectivity index (χ2v) is 8.65. The second kappa shape index (κ2) is 9.73. The van der Waals surface area contributed by atoms with Crippen LogP contribution in [0.25, 0.3) is 0 Å². The number of amides is 1. The summed E-state index contributed by atoms with van der Waals surface area (Å²) in [6.45, 7) is 3.28. The molecule has 1 N–H and O–H groups in total. The van der Waals surface area contributed by atoms with Gasteiger partial charge in [0.2, 0.25) is 11.8 Å². The van der Waals surface area contributed by atoms with E-state index in [2.05, 4.69) is 9.71 Å². The number of hydrogen-bond donors (Lipinski definition) is 1. The Labute approximate surface area is 187 Å². The van der Waals surface area contributed by atoms with Crippen molar-refractivity contribution < 1.29 is 18.5 Å². The Morgan fingerprint density at radius 1 is 1.23 bits per heavy atom. The Morgan fingerprint density at radius 3 is 2.70 bits per heavy atom.